The van der Waals surface area contributed by atoms with Gasteiger partial charge in [-0.1, -0.05) is 19.9 Å². The fourth-order valence-electron chi connectivity index (χ4n) is 1.79. The lowest BCUT2D eigenvalue weighted by atomic mass is 10.1. The van der Waals surface area contributed by atoms with Crippen molar-refractivity contribution in [2.24, 2.45) is 0 Å². The van der Waals surface area contributed by atoms with E-state index < -0.39 is 0 Å². The number of thiophene rings is 1. The highest BCUT2D eigenvalue weighted by atomic mass is 32.1. The Labute approximate surface area is 107 Å². The molecule has 0 bridgehead atoms. The third-order valence-corrected chi connectivity index (χ3v) is 3.89. The fourth-order valence-corrected chi connectivity index (χ4v) is 2.58. The Hall–Kier alpha value is -0.870. The Morgan fingerprint density at radius 1 is 1.47 bits per heavy atom. The molecule has 1 unspecified atom stereocenters. The largest absolute Gasteiger partial charge is 0.469 e. The van der Waals surface area contributed by atoms with Crippen LogP contribution in [0, 0.1) is 0 Å². The van der Waals surface area contributed by atoms with Crippen LogP contribution < -0.4 is 5.32 Å². The number of methoxy groups -OCH3 is 1. The second kappa shape index (κ2) is 7.45. The maximum atomic E-state index is 11.4. The molecule has 3 nitrogen and oxygen atoms in total. The van der Waals surface area contributed by atoms with Crippen LogP contribution >= 0.6 is 11.3 Å². The average molecular weight is 255 g/mol. The van der Waals surface area contributed by atoms with Crippen LogP contribution in [0.5, 0.6) is 0 Å². The van der Waals surface area contributed by atoms with E-state index in [1.807, 2.05) is 11.4 Å². The minimum Gasteiger partial charge on any atom is -0.469 e. The Bertz CT molecular complexity index is 320. The van der Waals surface area contributed by atoms with E-state index >= 15 is 0 Å². The van der Waals surface area contributed by atoms with Crippen molar-refractivity contribution in [2.75, 3.05) is 7.11 Å². The molecule has 1 heterocycles. The molecule has 0 aliphatic rings. The van der Waals surface area contributed by atoms with E-state index in [-0.39, 0.29) is 12.0 Å². The Morgan fingerprint density at radius 2 is 2.18 bits per heavy atom. The highest BCUT2D eigenvalue weighted by molar-refractivity contribution is 7.10. The predicted octanol–water partition coefficient (Wildman–Crippen LogP) is 3.13. The molecule has 1 N–H and O–H groups in total. The van der Waals surface area contributed by atoms with Crippen LogP contribution in [0.4, 0.5) is 0 Å². The molecular formula is C13H21NO2S. The minimum absolute atomic E-state index is 0.0762. The first-order valence-corrected chi connectivity index (χ1v) is 6.95. The first-order valence-electron chi connectivity index (χ1n) is 6.07. The third-order valence-electron chi connectivity index (χ3n) is 2.91. The quantitative estimate of drug-likeness (QED) is 0.761. The van der Waals surface area contributed by atoms with Crippen molar-refractivity contribution in [1.82, 2.24) is 5.32 Å². The van der Waals surface area contributed by atoms with Crippen LogP contribution in [-0.4, -0.2) is 19.1 Å². The molecule has 0 spiro atoms. The van der Waals surface area contributed by atoms with Crippen LogP contribution in [0.1, 0.15) is 44.0 Å². The van der Waals surface area contributed by atoms with Crippen molar-refractivity contribution in [1.29, 1.82) is 0 Å². The van der Waals surface area contributed by atoms with Gasteiger partial charge in [0.15, 0.2) is 0 Å². The average Bonchev–Trinajstić information content (AvgIpc) is 2.87. The van der Waals surface area contributed by atoms with Crippen LogP contribution in [0.15, 0.2) is 17.5 Å². The van der Waals surface area contributed by atoms with E-state index in [0.29, 0.717) is 12.5 Å². The summed E-state index contributed by atoms with van der Waals surface area (Å²) in [6, 6.07) is 4.60. The second-order valence-electron chi connectivity index (χ2n) is 4.03. The molecule has 0 saturated carbocycles. The van der Waals surface area contributed by atoms with E-state index in [0.717, 1.165) is 12.8 Å². The molecule has 1 rings (SSSR count). The second-order valence-corrected chi connectivity index (χ2v) is 5.01. The van der Waals surface area contributed by atoms with Gasteiger partial charge in [0.2, 0.25) is 0 Å². The summed E-state index contributed by atoms with van der Waals surface area (Å²) in [5, 5.41) is 5.57. The number of esters is 1. The molecule has 1 aromatic heterocycles. The van der Waals surface area contributed by atoms with Crippen molar-refractivity contribution in [2.45, 2.75) is 45.2 Å². The molecule has 0 saturated heterocycles. The molecule has 17 heavy (non-hydrogen) atoms. The van der Waals surface area contributed by atoms with Crippen LogP contribution in [0.25, 0.3) is 0 Å². The van der Waals surface area contributed by atoms with Gasteiger partial charge < -0.3 is 10.1 Å². The topological polar surface area (TPSA) is 38.3 Å². The highest BCUT2D eigenvalue weighted by Gasteiger charge is 2.19. The van der Waals surface area contributed by atoms with Crippen molar-refractivity contribution in [3.63, 3.8) is 0 Å². The Balaban J connectivity index is 2.69. The van der Waals surface area contributed by atoms with Crippen molar-refractivity contribution in [3.05, 3.63) is 22.4 Å². The number of rotatable bonds is 7. The van der Waals surface area contributed by atoms with Gasteiger partial charge >= 0.3 is 5.97 Å². The number of ether oxygens (including phenoxy) is 1. The Morgan fingerprint density at radius 3 is 2.65 bits per heavy atom. The van der Waals surface area contributed by atoms with Crippen molar-refractivity contribution >= 4 is 17.3 Å². The van der Waals surface area contributed by atoms with Crippen LogP contribution in [0.2, 0.25) is 0 Å². The maximum Gasteiger partial charge on any atom is 0.307 e. The van der Waals surface area contributed by atoms with Gasteiger partial charge in [-0.3, -0.25) is 4.79 Å². The lowest BCUT2D eigenvalue weighted by molar-refractivity contribution is -0.141. The van der Waals surface area contributed by atoms with Gasteiger partial charge in [-0.2, -0.15) is 0 Å². The zero-order chi connectivity index (χ0) is 12.7. The Kier molecular flexibility index (Phi) is 6.22. The van der Waals surface area contributed by atoms with Crippen LogP contribution in [-0.2, 0) is 9.53 Å². The molecule has 0 fully saturated rings. The molecule has 0 aromatic carbocycles. The van der Waals surface area contributed by atoms with Crippen molar-refractivity contribution in [3.8, 4) is 0 Å². The van der Waals surface area contributed by atoms with E-state index in [9.17, 15) is 4.79 Å². The summed E-state index contributed by atoms with van der Waals surface area (Å²) < 4.78 is 4.75. The van der Waals surface area contributed by atoms with E-state index in [1.165, 1.54) is 12.0 Å². The molecule has 0 aliphatic carbocycles. The maximum absolute atomic E-state index is 11.4. The molecule has 0 amide bonds. The lowest BCUT2D eigenvalue weighted by Gasteiger charge is -2.22. The lowest BCUT2D eigenvalue weighted by Crippen LogP contribution is -2.33. The number of carbonyl (C=O) groups is 1. The molecular weight excluding hydrogens is 234 g/mol. The van der Waals surface area contributed by atoms with Crippen LogP contribution in [0.3, 0.4) is 0 Å². The fraction of sp³-hybridized carbons (Fsp3) is 0.615. The zero-order valence-corrected chi connectivity index (χ0v) is 11.5. The monoisotopic (exact) mass is 255 g/mol. The van der Waals surface area contributed by atoms with Gasteiger partial charge in [-0.05, 0) is 24.3 Å². The zero-order valence-electron chi connectivity index (χ0n) is 10.7. The number of hydrogen-bond donors (Lipinski definition) is 1. The summed E-state index contributed by atoms with van der Waals surface area (Å²) in [6.45, 7) is 4.32. The first kappa shape index (κ1) is 14.2. The summed E-state index contributed by atoms with van der Waals surface area (Å²) in [7, 11) is 1.44. The SMILES string of the molecule is CCC(CC)NC(CC(=O)OC)c1cccs1. The standard InChI is InChI=1S/C13H21NO2S/c1-4-10(5-2)14-11(9-13(15)16-3)12-7-6-8-17-12/h6-8,10-11,14H,4-5,9H2,1-3H3. The number of nitrogens with one attached hydrogen (secondary N) is 1. The van der Waals surface area contributed by atoms with E-state index in [1.54, 1.807) is 11.3 Å². The molecule has 1 atom stereocenters. The van der Waals surface area contributed by atoms with E-state index in [2.05, 4.69) is 25.2 Å². The first-order chi connectivity index (χ1) is 8.21. The number of carbonyl (C=O) groups excluding carboxylic acids is 1. The summed E-state index contributed by atoms with van der Waals surface area (Å²) in [4.78, 5) is 12.6. The van der Waals surface area contributed by atoms with Gasteiger partial charge in [-0.15, -0.1) is 11.3 Å². The predicted molar refractivity (Wildman–Crippen MR) is 71.2 cm³/mol. The normalized spacial score (nSPS) is 12.7. The molecule has 0 aliphatic heterocycles. The van der Waals surface area contributed by atoms with Crippen molar-refractivity contribution < 1.29 is 9.53 Å². The highest BCUT2D eigenvalue weighted by Crippen LogP contribution is 2.23. The summed E-state index contributed by atoms with van der Waals surface area (Å²) in [5.41, 5.74) is 0. The van der Waals surface area contributed by atoms with E-state index in [4.69, 9.17) is 4.74 Å². The van der Waals surface area contributed by atoms with Gasteiger partial charge in [0, 0.05) is 10.9 Å². The molecule has 1 aromatic rings. The minimum atomic E-state index is -0.165. The van der Waals surface area contributed by atoms with Gasteiger partial charge in [0.25, 0.3) is 0 Å². The summed E-state index contributed by atoms with van der Waals surface area (Å²) >= 11 is 1.68. The molecule has 4 heteroatoms. The third kappa shape index (κ3) is 4.48. The van der Waals surface area contributed by atoms with Gasteiger partial charge in [0.05, 0.1) is 19.6 Å². The molecule has 96 valence electrons. The molecule has 0 radical (unpaired) electrons. The number of hydrogen-bond acceptors (Lipinski definition) is 4. The summed E-state index contributed by atoms with van der Waals surface area (Å²) in [5.74, 6) is -0.165. The summed E-state index contributed by atoms with van der Waals surface area (Å²) in [6.07, 6.45) is 2.53. The van der Waals surface area contributed by atoms with Gasteiger partial charge in [-0.25, -0.2) is 0 Å². The smallest absolute Gasteiger partial charge is 0.307 e. The van der Waals surface area contributed by atoms with Gasteiger partial charge in [0.1, 0.15) is 0 Å².